The van der Waals surface area contributed by atoms with E-state index in [9.17, 15) is 4.79 Å². The van der Waals surface area contributed by atoms with Crippen molar-refractivity contribution in [3.05, 3.63) is 35.9 Å². The van der Waals surface area contributed by atoms with Gasteiger partial charge in [0.15, 0.2) is 0 Å². The Morgan fingerprint density at radius 2 is 1.92 bits per heavy atom. The maximum atomic E-state index is 11.3. The zero-order chi connectivity index (χ0) is 8.81. The molecule has 0 saturated carbocycles. The van der Waals surface area contributed by atoms with Crippen molar-refractivity contribution in [2.24, 2.45) is 0 Å². The second-order valence-corrected chi connectivity index (χ2v) is 2.62. The summed E-state index contributed by atoms with van der Waals surface area (Å²) in [6.07, 6.45) is 0.971. The third-order valence-corrected chi connectivity index (χ3v) is 1.57. The number of carbonyl (C=O) groups excluding carboxylic acids is 1. The van der Waals surface area contributed by atoms with E-state index in [0.717, 1.165) is 18.5 Å². The first-order chi connectivity index (χ1) is 5.84. The van der Waals surface area contributed by atoms with Crippen LogP contribution in [0.3, 0.4) is 0 Å². The van der Waals surface area contributed by atoms with E-state index < -0.39 is 0 Å². The first kappa shape index (κ1) is 13.3. The second-order valence-electron chi connectivity index (χ2n) is 2.62. The van der Waals surface area contributed by atoms with Gasteiger partial charge in [0.05, 0.1) is 0 Å². The van der Waals surface area contributed by atoms with Gasteiger partial charge in [0, 0.05) is 12.1 Å². The average Bonchev–Trinajstić information content (AvgIpc) is 2.15. The van der Waals surface area contributed by atoms with Gasteiger partial charge in [-0.05, 0) is 18.6 Å². The van der Waals surface area contributed by atoms with E-state index in [1.807, 2.05) is 37.3 Å². The Bertz CT molecular complexity index is 248. The normalized spacial score (nSPS) is 8.69. The summed E-state index contributed by atoms with van der Waals surface area (Å²) in [5.41, 5.74) is 0.728. The van der Waals surface area contributed by atoms with Gasteiger partial charge in [-0.3, -0.25) is 4.79 Å². The van der Waals surface area contributed by atoms with E-state index >= 15 is 0 Å². The number of amides is 1. The summed E-state index contributed by atoms with van der Waals surface area (Å²) in [5.74, 6) is 0.0115. The summed E-state index contributed by atoms with van der Waals surface area (Å²) in [7, 11) is 0. The van der Waals surface area contributed by atoms with Crippen molar-refractivity contribution < 1.29 is 4.79 Å². The molecule has 1 aromatic carbocycles. The third-order valence-electron chi connectivity index (χ3n) is 1.57. The number of nitrogens with one attached hydrogen (secondary N) is 1. The number of carbonyl (C=O) groups is 1. The van der Waals surface area contributed by atoms with Crippen LogP contribution in [-0.4, -0.2) is 63.8 Å². The topological polar surface area (TPSA) is 29.1 Å². The molecule has 1 N–H and O–H groups in total. The Hall–Kier alpha value is 0.326. The first-order valence-corrected chi connectivity index (χ1v) is 4.18. The van der Waals surface area contributed by atoms with Crippen LogP contribution < -0.4 is 5.32 Å². The summed E-state index contributed by atoms with van der Waals surface area (Å²) >= 11 is 0. The van der Waals surface area contributed by atoms with E-state index in [1.165, 1.54) is 0 Å². The molecule has 0 atom stereocenters. The van der Waals surface area contributed by atoms with Crippen LogP contribution in [0.1, 0.15) is 23.7 Å². The van der Waals surface area contributed by atoms with Gasteiger partial charge < -0.3 is 5.32 Å². The van der Waals surface area contributed by atoms with Gasteiger partial charge in [0.1, 0.15) is 0 Å². The molecule has 0 aliphatic rings. The fraction of sp³-hybridized carbons (Fsp3) is 0.300. The minimum absolute atomic E-state index is 0. The fourth-order valence-electron chi connectivity index (χ4n) is 0.930. The maximum absolute atomic E-state index is 11.3. The van der Waals surface area contributed by atoms with Crippen molar-refractivity contribution in [3.8, 4) is 0 Å². The number of rotatable bonds is 3. The Labute approximate surface area is 122 Å². The van der Waals surface area contributed by atoms with Gasteiger partial charge in [-0.25, -0.2) is 0 Å². The predicted molar refractivity (Wildman–Crippen MR) is 56.2 cm³/mol. The quantitative estimate of drug-likeness (QED) is 0.734. The zero-order valence-electron chi connectivity index (χ0n) is 7.21. The monoisotopic (exact) mass is 203 g/mol. The fourth-order valence-corrected chi connectivity index (χ4v) is 0.930. The molecular formula is C10H14KNO. The third kappa shape index (κ3) is 4.93. The van der Waals surface area contributed by atoms with E-state index in [1.54, 1.807) is 0 Å². The molecule has 0 aliphatic carbocycles. The number of benzene rings is 1. The minimum atomic E-state index is 0. The summed E-state index contributed by atoms with van der Waals surface area (Å²) in [4.78, 5) is 11.3. The van der Waals surface area contributed by atoms with Crippen LogP contribution in [-0.2, 0) is 0 Å². The van der Waals surface area contributed by atoms with Crippen LogP contribution in [0.15, 0.2) is 30.3 Å². The van der Waals surface area contributed by atoms with Crippen molar-refractivity contribution >= 4 is 57.3 Å². The molecule has 2 nitrogen and oxygen atoms in total. The van der Waals surface area contributed by atoms with E-state index in [4.69, 9.17) is 0 Å². The Morgan fingerprint density at radius 1 is 1.31 bits per heavy atom. The molecular weight excluding hydrogens is 189 g/mol. The van der Waals surface area contributed by atoms with Crippen molar-refractivity contribution in [1.82, 2.24) is 5.32 Å². The predicted octanol–water partition coefficient (Wildman–Crippen LogP) is 1.18. The molecule has 0 spiro atoms. The van der Waals surface area contributed by atoms with Crippen molar-refractivity contribution in [3.63, 3.8) is 0 Å². The molecule has 1 aromatic rings. The second kappa shape index (κ2) is 7.70. The van der Waals surface area contributed by atoms with Gasteiger partial charge in [-0.1, -0.05) is 25.1 Å². The molecule has 1 amide bonds. The molecule has 66 valence electrons. The van der Waals surface area contributed by atoms with Gasteiger partial charge >= 0.3 is 51.4 Å². The first-order valence-electron chi connectivity index (χ1n) is 4.18. The Balaban J connectivity index is 0.00000144. The summed E-state index contributed by atoms with van der Waals surface area (Å²) in [6, 6.07) is 9.24. The van der Waals surface area contributed by atoms with Crippen molar-refractivity contribution in [2.75, 3.05) is 6.54 Å². The Morgan fingerprint density at radius 3 is 2.46 bits per heavy atom. The molecule has 3 heteroatoms. The summed E-state index contributed by atoms with van der Waals surface area (Å²) in [6.45, 7) is 2.78. The molecule has 0 saturated heterocycles. The average molecular weight is 203 g/mol. The molecule has 0 aliphatic heterocycles. The molecule has 0 radical (unpaired) electrons. The molecule has 1 rings (SSSR count). The van der Waals surface area contributed by atoms with Gasteiger partial charge in [0.2, 0.25) is 0 Å². The van der Waals surface area contributed by atoms with Crippen LogP contribution in [0, 0.1) is 0 Å². The van der Waals surface area contributed by atoms with Crippen molar-refractivity contribution in [1.29, 1.82) is 0 Å². The van der Waals surface area contributed by atoms with Crippen LogP contribution in [0.4, 0.5) is 0 Å². The molecule has 13 heavy (non-hydrogen) atoms. The molecule has 0 fully saturated rings. The van der Waals surface area contributed by atoms with Crippen molar-refractivity contribution in [2.45, 2.75) is 13.3 Å². The number of hydrogen-bond donors (Lipinski definition) is 1. The van der Waals surface area contributed by atoms with Gasteiger partial charge in [-0.15, -0.1) is 0 Å². The molecule has 0 heterocycles. The Kier molecular flexibility index (Phi) is 7.90. The van der Waals surface area contributed by atoms with E-state index in [-0.39, 0.29) is 57.3 Å². The van der Waals surface area contributed by atoms with Gasteiger partial charge in [-0.2, -0.15) is 0 Å². The SMILES string of the molecule is CCCNC(=O)c1ccccc1.[KH]. The standard InChI is InChI=1S/C10H13NO.K.H/c1-2-8-11-10(12)9-6-4-3-5-7-9;;/h3-7H,2,8H2,1H3,(H,11,12);;. The van der Waals surface area contributed by atoms with Crippen LogP contribution in [0.2, 0.25) is 0 Å². The summed E-state index contributed by atoms with van der Waals surface area (Å²) in [5, 5.41) is 2.81. The molecule has 0 unspecified atom stereocenters. The van der Waals surface area contributed by atoms with Crippen LogP contribution in [0.25, 0.3) is 0 Å². The van der Waals surface area contributed by atoms with E-state index in [2.05, 4.69) is 5.32 Å². The van der Waals surface area contributed by atoms with E-state index in [0.29, 0.717) is 0 Å². The van der Waals surface area contributed by atoms with Crippen LogP contribution in [0.5, 0.6) is 0 Å². The van der Waals surface area contributed by atoms with Crippen LogP contribution >= 0.6 is 0 Å². The zero-order valence-corrected chi connectivity index (χ0v) is 7.21. The molecule has 0 aromatic heterocycles. The molecule has 0 bridgehead atoms. The number of hydrogen-bond acceptors (Lipinski definition) is 1. The van der Waals surface area contributed by atoms with Gasteiger partial charge in [0.25, 0.3) is 5.91 Å². The summed E-state index contributed by atoms with van der Waals surface area (Å²) < 4.78 is 0.